The number of phenolic OH excluding ortho intramolecular Hbond substituents is 1. The Morgan fingerprint density at radius 2 is 1.94 bits per heavy atom. The molecule has 2 aromatic carbocycles. The number of alkyl halides is 2. The van der Waals surface area contributed by atoms with Crippen molar-refractivity contribution in [2.24, 2.45) is 0 Å². The number of carbonyl (C=O) groups excluding carboxylic acids is 1. The largest absolute Gasteiger partial charge is 0.507 e. The zero-order valence-electron chi connectivity index (χ0n) is 18.5. The summed E-state index contributed by atoms with van der Waals surface area (Å²) in [5.41, 5.74) is 1.98. The standard InChI is InChI=1S/C26H25F2N3O3/c1-2-13-29-25(33)21-10-7-14-31(21)24-16-17(18-8-4-6-12-23(18)34-26(27)28)15-20(30-24)19-9-3-5-11-22(19)32/h2-6,8-9,11-12,15-16,21,26,32H,1,7,10,13-14H2,(H,29,33)/t21-/m0/s1. The van der Waals surface area contributed by atoms with Crippen LogP contribution in [0.2, 0.25) is 0 Å². The summed E-state index contributed by atoms with van der Waals surface area (Å²) in [5, 5.41) is 13.3. The lowest BCUT2D eigenvalue weighted by atomic mass is 10.0. The maximum Gasteiger partial charge on any atom is 0.387 e. The molecule has 0 aliphatic carbocycles. The van der Waals surface area contributed by atoms with Crippen molar-refractivity contribution in [3.63, 3.8) is 0 Å². The van der Waals surface area contributed by atoms with Gasteiger partial charge in [-0.15, -0.1) is 6.58 Å². The minimum Gasteiger partial charge on any atom is -0.507 e. The first-order valence-corrected chi connectivity index (χ1v) is 11.0. The summed E-state index contributed by atoms with van der Waals surface area (Å²) in [6.45, 7) is 1.63. The summed E-state index contributed by atoms with van der Waals surface area (Å²) in [4.78, 5) is 19.4. The summed E-state index contributed by atoms with van der Waals surface area (Å²) < 4.78 is 30.9. The number of phenols is 1. The Morgan fingerprint density at radius 1 is 1.21 bits per heavy atom. The highest BCUT2D eigenvalue weighted by atomic mass is 19.3. The van der Waals surface area contributed by atoms with E-state index in [0.29, 0.717) is 47.7 Å². The molecule has 0 unspecified atom stereocenters. The Morgan fingerprint density at radius 3 is 2.68 bits per heavy atom. The number of ether oxygens (including phenoxy) is 1. The van der Waals surface area contributed by atoms with Crippen LogP contribution in [-0.4, -0.2) is 41.7 Å². The van der Waals surface area contributed by atoms with Crippen LogP contribution in [0, 0.1) is 0 Å². The van der Waals surface area contributed by atoms with Crippen LogP contribution in [0.4, 0.5) is 14.6 Å². The number of hydrogen-bond acceptors (Lipinski definition) is 5. The number of nitrogens with one attached hydrogen (secondary N) is 1. The van der Waals surface area contributed by atoms with E-state index >= 15 is 0 Å². The third-order valence-electron chi connectivity index (χ3n) is 5.68. The molecule has 2 heterocycles. The van der Waals surface area contributed by atoms with Crippen molar-refractivity contribution in [1.29, 1.82) is 0 Å². The zero-order valence-corrected chi connectivity index (χ0v) is 18.5. The number of halogens is 2. The summed E-state index contributed by atoms with van der Waals surface area (Å²) >= 11 is 0. The van der Waals surface area contributed by atoms with Crippen LogP contribution in [0.5, 0.6) is 11.5 Å². The molecule has 6 nitrogen and oxygen atoms in total. The Hall–Kier alpha value is -3.94. The van der Waals surface area contributed by atoms with Crippen molar-refractivity contribution in [2.45, 2.75) is 25.5 Å². The molecule has 34 heavy (non-hydrogen) atoms. The van der Waals surface area contributed by atoms with Gasteiger partial charge in [-0.1, -0.05) is 36.4 Å². The number of benzene rings is 2. The predicted molar refractivity (Wildman–Crippen MR) is 127 cm³/mol. The maximum atomic E-state index is 13.1. The van der Waals surface area contributed by atoms with Gasteiger partial charge in [0.15, 0.2) is 0 Å². The molecule has 0 saturated carbocycles. The van der Waals surface area contributed by atoms with Gasteiger partial charge in [0.05, 0.1) is 5.69 Å². The van der Waals surface area contributed by atoms with E-state index in [1.54, 1.807) is 60.7 Å². The van der Waals surface area contributed by atoms with E-state index in [0.717, 1.165) is 6.42 Å². The molecule has 1 atom stereocenters. The van der Waals surface area contributed by atoms with Crippen LogP contribution >= 0.6 is 0 Å². The molecule has 8 heteroatoms. The number of nitrogens with zero attached hydrogens (tertiary/aromatic N) is 2. The van der Waals surface area contributed by atoms with Gasteiger partial charge in [0, 0.05) is 24.2 Å². The van der Waals surface area contributed by atoms with Gasteiger partial charge >= 0.3 is 6.61 Å². The Bertz CT molecular complexity index is 1190. The molecule has 1 fully saturated rings. The van der Waals surface area contributed by atoms with Crippen molar-refractivity contribution in [2.75, 3.05) is 18.0 Å². The monoisotopic (exact) mass is 465 g/mol. The predicted octanol–water partition coefficient (Wildman–Crippen LogP) is 4.99. The third kappa shape index (κ3) is 5.01. The number of rotatable bonds is 8. The number of aromatic nitrogens is 1. The third-order valence-corrected chi connectivity index (χ3v) is 5.68. The van der Waals surface area contributed by atoms with Gasteiger partial charge in [0.2, 0.25) is 5.91 Å². The van der Waals surface area contributed by atoms with E-state index in [9.17, 15) is 18.7 Å². The van der Waals surface area contributed by atoms with Crippen molar-refractivity contribution >= 4 is 11.7 Å². The van der Waals surface area contributed by atoms with Crippen LogP contribution in [0.3, 0.4) is 0 Å². The van der Waals surface area contributed by atoms with Gasteiger partial charge in [-0.3, -0.25) is 4.79 Å². The summed E-state index contributed by atoms with van der Waals surface area (Å²) in [6, 6.07) is 16.3. The molecular formula is C26H25F2N3O3. The molecule has 1 aromatic heterocycles. The second-order valence-corrected chi connectivity index (χ2v) is 7.88. The van der Waals surface area contributed by atoms with E-state index in [2.05, 4.69) is 11.9 Å². The van der Waals surface area contributed by atoms with Crippen molar-refractivity contribution < 1.29 is 23.4 Å². The Labute approximate surface area is 196 Å². The average Bonchev–Trinajstić information content (AvgIpc) is 3.33. The van der Waals surface area contributed by atoms with E-state index in [-0.39, 0.29) is 17.4 Å². The van der Waals surface area contributed by atoms with Crippen LogP contribution in [0.1, 0.15) is 12.8 Å². The van der Waals surface area contributed by atoms with Crippen molar-refractivity contribution in [3.05, 3.63) is 73.3 Å². The van der Waals surface area contributed by atoms with E-state index in [4.69, 9.17) is 9.72 Å². The molecule has 1 aliphatic heterocycles. The molecule has 0 spiro atoms. The molecule has 0 radical (unpaired) electrons. The quantitative estimate of drug-likeness (QED) is 0.459. The van der Waals surface area contributed by atoms with Crippen molar-refractivity contribution in [1.82, 2.24) is 10.3 Å². The molecule has 3 aromatic rings. The first-order chi connectivity index (χ1) is 16.5. The zero-order chi connectivity index (χ0) is 24.1. The normalized spacial score (nSPS) is 15.4. The van der Waals surface area contributed by atoms with Gasteiger partial charge in [-0.25, -0.2) is 4.98 Å². The lowest BCUT2D eigenvalue weighted by Crippen LogP contribution is -2.43. The van der Waals surface area contributed by atoms with Crippen molar-refractivity contribution in [3.8, 4) is 33.9 Å². The Kier molecular flexibility index (Phi) is 7.06. The lowest BCUT2D eigenvalue weighted by molar-refractivity contribution is -0.122. The topological polar surface area (TPSA) is 74.7 Å². The van der Waals surface area contributed by atoms with Crippen LogP contribution < -0.4 is 15.0 Å². The number of hydrogen-bond donors (Lipinski definition) is 2. The van der Waals surface area contributed by atoms with Gasteiger partial charge in [-0.05, 0) is 48.7 Å². The van der Waals surface area contributed by atoms with E-state index < -0.39 is 12.7 Å². The SMILES string of the molecule is C=CCNC(=O)[C@@H]1CCCN1c1cc(-c2ccccc2OC(F)F)cc(-c2ccccc2O)n1. The first kappa shape index (κ1) is 23.2. The summed E-state index contributed by atoms with van der Waals surface area (Å²) in [7, 11) is 0. The molecule has 1 amide bonds. The molecular weight excluding hydrogens is 440 g/mol. The highest BCUT2D eigenvalue weighted by Gasteiger charge is 2.32. The number of amides is 1. The smallest absolute Gasteiger partial charge is 0.387 e. The van der Waals surface area contributed by atoms with Crippen LogP contribution in [0.15, 0.2) is 73.3 Å². The molecule has 2 N–H and O–H groups in total. The lowest BCUT2D eigenvalue weighted by Gasteiger charge is -2.26. The summed E-state index contributed by atoms with van der Waals surface area (Å²) in [6.07, 6.45) is 3.08. The number of pyridine rings is 1. The molecule has 1 aliphatic rings. The van der Waals surface area contributed by atoms with E-state index in [1.807, 2.05) is 4.90 Å². The minimum absolute atomic E-state index is 0.0274. The number of para-hydroxylation sites is 2. The van der Waals surface area contributed by atoms with Crippen LogP contribution in [-0.2, 0) is 4.79 Å². The van der Waals surface area contributed by atoms with Gasteiger partial charge in [-0.2, -0.15) is 8.78 Å². The Balaban J connectivity index is 1.83. The van der Waals surface area contributed by atoms with Crippen LogP contribution in [0.25, 0.3) is 22.4 Å². The minimum atomic E-state index is -2.98. The fourth-order valence-corrected chi connectivity index (χ4v) is 4.15. The number of carbonyl (C=O) groups is 1. The van der Waals surface area contributed by atoms with Gasteiger partial charge in [0.1, 0.15) is 23.4 Å². The average molecular weight is 466 g/mol. The molecule has 0 bridgehead atoms. The highest BCUT2D eigenvalue weighted by Crippen LogP contribution is 2.38. The maximum absolute atomic E-state index is 13.1. The van der Waals surface area contributed by atoms with E-state index in [1.165, 1.54) is 6.07 Å². The second-order valence-electron chi connectivity index (χ2n) is 7.88. The highest BCUT2D eigenvalue weighted by molar-refractivity contribution is 5.87. The van der Waals surface area contributed by atoms with Gasteiger partial charge in [0.25, 0.3) is 0 Å². The first-order valence-electron chi connectivity index (χ1n) is 11.0. The molecule has 176 valence electrons. The number of anilines is 1. The second kappa shape index (κ2) is 10.3. The molecule has 1 saturated heterocycles. The molecule has 4 rings (SSSR count). The fourth-order valence-electron chi connectivity index (χ4n) is 4.15. The van der Waals surface area contributed by atoms with Gasteiger partial charge < -0.3 is 20.1 Å². The fraction of sp³-hybridized carbons (Fsp3) is 0.231. The number of aromatic hydroxyl groups is 1. The summed E-state index contributed by atoms with van der Waals surface area (Å²) in [5.74, 6) is 0.450.